The number of nitrogens with zero attached hydrogens (tertiary/aromatic N) is 2. The van der Waals surface area contributed by atoms with Crippen LogP contribution >= 0.6 is 11.8 Å². The molecule has 0 saturated heterocycles. The van der Waals surface area contributed by atoms with Crippen LogP contribution in [0.4, 0.5) is 5.69 Å². The molecule has 1 heterocycles. The van der Waals surface area contributed by atoms with Crippen LogP contribution in [0.1, 0.15) is 32.1 Å². The third kappa shape index (κ3) is 3.49. The Hall–Kier alpha value is -2.26. The summed E-state index contributed by atoms with van der Waals surface area (Å²) in [4.78, 5) is 27.5. The van der Waals surface area contributed by atoms with Gasteiger partial charge in [-0.15, -0.1) is 0 Å². The lowest BCUT2D eigenvalue weighted by atomic mass is 9.86. The number of para-hydroxylation sites is 1. The highest BCUT2D eigenvalue weighted by atomic mass is 32.2. The van der Waals surface area contributed by atoms with Crippen molar-refractivity contribution in [1.29, 1.82) is 5.26 Å². The van der Waals surface area contributed by atoms with E-state index >= 15 is 0 Å². The summed E-state index contributed by atoms with van der Waals surface area (Å²) in [5.74, 6) is 1.07. The first-order valence-electron chi connectivity index (χ1n) is 9.40. The number of thioether (sulfide) groups is 1. The average molecular weight is 382 g/mol. The van der Waals surface area contributed by atoms with Crippen molar-refractivity contribution in [3.8, 4) is 6.07 Å². The van der Waals surface area contributed by atoms with Crippen molar-refractivity contribution in [2.75, 3.05) is 18.6 Å². The van der Waals surface area contributed by atoms with Gasteiger partial charge in [0, 0.05) is 18.4 Å². The summed E-state index contributed by atoms with van der Waals surface area (Å²) in [5.41, 5.74) is 1.01. The van der Waals surface area contributed by atoms with Gasteiger partial charge in [-0.3, -0.25) is 9.59 Å². The van der Waals surface area contributed by atoms with Crippen molar-refractivity contribution in [2.45, 2.75) is 37.0 Å². The van der Waals surface area contributed by atoms with E-state index in [0.717, 1.165) is 22.9 Å². The van der Waals surface area contributed by atoms with Gasteiger partial charge < -0.3 is 9.64 Å². The molecule has 2 saturated carbocycles. The molecular formula is C21H22N2O3S. The maximum atomic E-state index is 12.5. The number of nitriles is 1. The van der Waals surface area contributed by atoms with Crippen molar-refractivity contribution in [2.24, 2.45) is 17.8 Å². The molecule has 0 spiro atoms. The van der Waals surface area contributed by atoms with Crippen LogP contribution in [0.2, 0.25) is 0 Å². The average Bonchev–Trinajstić information content (AvgIpc) is 3.36. The van der Waals surface area contributed by atoms with Crippen LogP contribution in [0.3, 0.4) is 0 Å². The van der Waals surface area contributed by atoms with Crippen LogP contribution in [0.25, 0.3) is 0 Å². The Morgan fingerprint density at radius 2 is 2.11 bits per heavy atom. The third-order valence-corrected chi connectivity index (χ3v) is 7.26. The van der Waals surface area contributed by atoms with E-state index in [1.54, 1.807) is 0 Å². The van der Waals surface area contributed by atoms with Crippen molar-refractivity contribution < 1.29 is 14.3 Å². The Balaban J connectivity index is 1.37. The summed E-state index contributed by atoms with van der Waals surface area (Å²) in [6.07, 6.45) is 5.26. The number of carbonyl (C=O) groups is 2. The van der Waals surface area contributed by atoms with Crippen LogP contribution in [-0.4, -0.2) is 25.4 Å². The van der Waals surface area contributed by atoms with E-state index in [1.165, 1.54) is 31.0 Å². The van der Waals surface area contributed by atoms with Crippen LogP contribution < -0.4 is 4.90 Å². The molecule has 0 N–H and O–H groups in total. The predicted octanol–water partition coefficient (Wildman–Crippen LogP) is 3.90. The molecule has 2 aliphatic carbocycles. The summed E-state index contributed by atoms with van der Waals surface area (Å²) in [7, 11) is 1.83. The lowest BCUT2D eigenvalue weighted by Gasteiger charge is -2.20. The Kier molecular flexibility index (Phi) is 4.96. The number of ketones is 1. The zero-order valence-corrected chi connectivity index (χ0v) is 16.1. The van der Waals surface area contributed by atoms with E-state index < -0.39 is 5.78 Å². The highest BCUT2D eigenvalue weighted by Gasteiger charge is 2.40. The number of ether oxygens (including phenoxy) is 1. The van der Waals surface area contributed by atoms with E-state index in [1.807, 2.05) is 42.3 Å². The first-order valence-corrected chi connectivity index (χ1v) is 10.2. The van der Waals surface area contributed by atoms with Gasteiger partial charge in [-0.1, -0.05) is 30.3 Å². The monoisotopic (exact) mass is 382 g/mol. The summed E-state index contributed by atoms with van der Waals surface area (Å²) in [5, 5.41) is 10.1. The van der Waals surface area contributed by atoms with Crippen LogP contribution in [-0.2, 0) is 14.3 Å². The minimum atomic E-state index is -0.444. The lowest BCUT2D eigenvalue weighted by molar-refractivity contribution is -0.148. The molecule has 27 heavy (non-hydrogen) atoms. The van der Waals surface area contributed by atoms with E-state index in [2.05, 4.69) is 0 Å². The number of carbonyl (C=O) groups excluding carboxylic acids is 2. The molecule has 0 radical (unpaired) electrons. The SMILES string of the molecule is CN1/C(=C(\C#N)C(=O)COC(=O)C[C@H]2C[C@H]3CC[C@@H]2C3)Sc2ccccc21. The zero-order chi connectivity index (χ0) is 19.0. The summed E-state index contributed by atoms with van der Waals surface area (Å²) in [6.45, 7) is -0.364. The molecule has 1 aromatic rings. The van der Waals surface area contributed by atoms with Crippen molar-refractivity contribution in [3.63, 3.8) is 0 Å². The molecule has 140 valence electrons. The largest absolute Gasteiger partial charge is 0.457 e. The van der Waals surface area contributed by atoms with Crippen LogP contribution in [0, 0.1) is 29.1 Å². The van der Waals surface area contributed by atoms with Gasteiger partial charge in [-0.25, -0.2) is 0 Å². The molecule has 2 fully saturated rings. The third-order valence-electron chi connectivity index (χ3n) is 6.02. The maximum absolute atomic E-state index is 12.5. The summed E-state index contributed by atoms with van der Waals surface area (Å²) in [6, 6.07) is 9.75. The molecule has 1 aromatic carbocycles. The molecule has 0 unspecified atom stereocenters. The molecule has 4 rings (SSSR count). The number of hydrogen-bond donors (Lipinski definition) is 0. The molecule has 0 aromatic heterocycles. The first-order chi connectivity index (χ1) is 13.1. The Morgan fingerprint density at radius 3 is 2.78 bits per heavy atom. The highest BCUT2D eigenvalue weighted by Crippen LogP contribution is 2.49. The van der Waals surface area contributed by atoms with E-state index in [4.69, 9.17) is 4.74 Å². The molecule has 3 aliphatic rings. The Morgan fingerprint density at radius 1 is 1.30 bits per heavy atom. The maximum Gasteiger partial charge on any atom is 0.306 e. The van der Waals surface area contributed by atoms with E-state index in [-0.39, 0.29) is 18.1 Å². The van der Waals surface area contributed by atoms with Gasteiger partial charge in [0.05, 0.1) is 5.69 Å². The van der Waals surface area contributed by atoms with Crippen LogP contribution in [0.5, 0.6) is 0 Å². The number of hydrogen-bond acceptors (Lipinski definition) is 6. The smallest absolute Gasteiger partial charge is 0.306 e. The first kappa shape index (κ1) is 18.1. The van der Waals surface area contributed by atoms with Gasteiger partial charge in [0.2, 0.25) is 5.78 Å². The number of esters is 1. The molecule has 2 bridgehead atoms. The molecule has 5 nitrogen and oxygen atoms in total. The standard InChI is InChI=1S/C21H22N2O3S/c1-23-17-4-2-3-5-19(17)27-21(23)16(11-22)18(24)12-26-20(25)10-15-9-13-6-7-14(15)8-13/h2-5,13-15H,6-10,12H2,1H3/b21-16-/t13-,14+,15+/m0/s1. The topological polar surface area (TPSA) is 70.4 Å². The number of anilines is 1. The normalized spacial score (nSPS) is 27.3. The van der Waals surface area contributed by atoms with E-state index in [9.17, 15) is 14.9 Å². The Labute approximate surface area is 163 Å². The van der Waals surface area contributed by atoms with Gasteiger partial charge in [-0.2, -0.15) is 5.26 Å². The minimum absolute atomic E-state index is 0.0476. The highest BCUT2D eigenvalue weighted by molar-refractivity contribution is 8.03. The predicted molar refractivity (Wildman–Crippen MR) is 103 cm³/mol. The van der Waals surface area contributed by atoms with Crippen LogP contribution in [0.15, 0.2) is 39.8 Å². The summed E-state index contributed by atoms with van der Waals surface area (Å²) >= 11 is 1.40. The second-order valence-corrected chi connectivity index (χ2v) is 8.67. The van der Waals surface area contributed by atoms with E-state index in [0.29, 0.717) is 23.3 Å². The van der Waals surface area contributed by atoms with Gasteiger partial charge in [0.1, 0.15) is 16.7 Å². The number of rotatable bonds is 5. The van der Waals surface area contributed by atoms with Gasteiger partial charge in [0.25, 0.3) is 0 Å². The van der Waals surface area contributed by atoms with Crippen molar-refractivity contribution in [3.05, 3.63) is 34.9 Å². The number of fused-ring (bicyclic) bond motifs is 3. The molecule has 6 heteroatoms. The summed E-state index contributed by atoms with van der Waals surface area (Å²) < 4.78 is 5.23. The Bertz CT molecular complexity index is 857. The molecule has 3 atom stereocenters. The molecule has 1 aliphatic heterocycles. The number of benzene rings is 1. The fourth-order valence-corrected chi connectivity index (χ4v) is 5.83. The van der Waals surface area contributed by atoms with Gasteiger partial charge in [-0.05, 0) is 49.1 Å². The fourth-order valence-electron chi connectivity index (χ4n) is 4.67. The van der Waals surface area contributed by atoms with Crippen molar-refractivity contribution in [1.82, 2.24) is 0 Å². The molecule has 0 amide bonds. The minimum Gasteiger partial charge on any atom is -0.457 e. The fraction of sp³-hybridized carbons (Fsp3) is 0.476. The second-order valence-electron chi connectivity index (χ2n) is 7.64. The quantitative estimate of drug-likeness (QED) is 0.437. The lowest BCUT2D eigenvalue weighted by Crippen LogP contribution is -2.22. The molecular weight excluding hydrogens is 360 g/mol. The number of Topliss-reactive ketones (excluding diaryl/α,β-unsaturated/α-hetero) is 1. The van der Waals surface area contributed by atoms with Crippen molar-refractivity contribution >= 4 is 29.2 Å². The second kappa shape index (κ2) is 7.40. The zero-order valence-electron chi connectivity index (χ0n) is 15.3. The van der Waals surface area contributed by atoms with Gasteiger partial charge in [0.15, 0.2) is 6.61 Å². The van der Waals surface area contributed by atoms with Gasteiger partial charge >= 0.3 is 5.97 Å².